The summed E-state index contributed by atoms with van der Waals surface area (Å²) in [5.74, 6) is -0.788. The SMILES string of the molecule is CCC=CCC=CCC=C(CC=CCC=CCC=CCCC(=O)O)[N+](=O)[O-]. The molecular weight excluding hydrogens is 342 g/mol. The second kappa shape index (κ2) is 18.1. The van der Waals surface area contributed by atoms with Gasteiger partial charge in [-0.2, -0.15) is 0 Å². The molecule has 0 saturated carbocycles. The molecule has 0 aromatic heterocycles. The van der Waals surface area contributed by atoms with E-state index in [0.29, 0.717) is 19.3 Å². The Hall–Kier alpha value is -2.69. The average Bonchev–Trinajstić information content (AvgIpc) is 2.63. The van der Waals surface area contributed by atoms with E-state index in [1.54, 1.807) is 6.08 Å². The molecule has 0 spiro atoms. The van der Waals surface area contributed by atoms with Crippen molar-refractivity contribution >= 4 is 5.97 Å². The first-order valence-electron chi connectivity index (χ1n) is 9.38. The van der Waals surface area contributed by atoms with E-state index < -0.39 is 5.97 Å². The van der Waals surface area contributed by atoms with Crippen molar-refractivity contribution in [1.29, 1.82) is 0 Å². The van der Waals surface area contributed by atoms with E-state index in [1.807, 2.05) is 48.6 Å². The quantitative estimate of drug-likeness (QED) is 0.212. The number of hydrogen-bond donors (Lipinski definition) is 1. The Morgan fingerprint density at radius 1 is 0.852 bits per heavy atom. The molecule has 0 rings (SSSR count). The lowest BCUT2D eigenvalue weighted by atomic mass is 10.2. The Morgan fingerprint density at radius 2 is 1.37 bits per heavy atom. The molecule has 0 saturated heterocycles. The Morgan fingerprint density at radius 3 is 1.93 bits per heavy atom. The molecule has 0 aliphatic carbocycles. The van der Waals surface area contributed by atoms with Gasteiger partial charge in [0, 0.05) is 6.42 Å². The van der Waals surface area contributed by atoms with E-state index in [0.717, 1.165) is 25.7 Å². The number of carboxylic acids is 1. The van der Waals surface area contributed by atoms with Gasteiger partial charge in [0.1, 0.15) is 0 Å². The molecule has 0 radical (unpaired) electrons. The van der Waals surface area contributed by atoms with Crippen molar-refractivity contribution in [2.24, 2.45) is 0 Å². The van der Waals surface area contributed by atoms with Crippen LogP contribution in [0.5, 0.6) is 0 Å². The molecule has 0 amide bonds. The number of nitrogens with zero attached hydrogens (tertiary/aromatic N) is 1. The third-order valence-electron chi connectivity index (χ3n) is 3.46. The molecule has 0 aliphatic heterocycles. The smallest absolute Gasteiger partial charge is 0.303 e. The van der Waals surface area contributed by atoms with Crippen molar-refractivity contribution in [1.82, 2.24) is 0 Å². The molecule has 0 aromatic rings. The van der Waals surface area contributed by atoms with Crippen molar-refractivity contribution in [2.75, 3.05) is 0 Å². The van der Waals surface area contributed by atoms with Crippen LogP contribution in [0, 0.1) is 10.1 Å². The number of nitro groups is 1. The molecule has 0 aliphatic rings. The van der Waals surface area contributed by atoms with Gasteiger partial charge in [-0.15, -0.1) is 0 Å². The molecule has 5 heteroatoms. The van der Waals surface area contributed by atoms with Crippen molar-refractivity contribution in [3.05, 3.63) is 82.6 Å². The predicted octanol–water partition coefficient (Wildman–Crippen LogP) is 6.15. The number of rotatable bonds is 15. The van der Waals surface area contributed by atoms with Crippen molar-refractivity contribution in [3.63, 3.8) is 0 Å². The average molecular weight is 373 g/mol. The maximum absolute atomic E-state index is 11.0. The zero-order chi connectivity index (χ0) is 20.2. The van der Waals surface area contributed by atoms with Crippen LogP contribution in [-0.4, -0.2) is 16.0 Å². The highest BCUT2D eigenvalue weighted by Gasteiger charge is 2.06. The van der Waals surface area contributed by atoms with Gasteiger partial charge in [0.25, 0.3) is 0 Å². The first kappa shape index (κ1) is 24.3. The zero-order valence-electron chi connectivity index (χ0n) is 16.1. The monoisotopic (exact) mass is 373 g/mol. The van der Waals surface area contributed by atoms with Gasteiger partial charge in [-0.1, -0.05) is 67.7 Å². The van der Waals surface area contributed by atoms with E-state index in [4.69, 9.17) is 5.11 Å². The number of hydrogen-bond acceptors (Lipinski definition) is 3. The molecule has 27 heavy (non-hydrogen) atoms. The fourth-order valence-corrected chi connectivity index (χ4v) is 2.04. The van der Waals surface area contributed by atoms with Gasteiger partial charge >= 0.3 is 5.97 Å². The summed E-state index contributed by atoms with van der Waals surface area (Å²) in [5, 5.41) is 19.6. The Kier molecular flexibility index (Phi) is 16.3. The summed E-state index contributed by atoms with van der Waals surface area (Å²) in [6.07, 6.45) is 26.2. The van der Waals surface area contributed by atoms with Crippen LogP contribution in [0.4, 0.5) is 0 Å². The van der Waals surface area contributed by atoms with Crippen LogP contribution < -0.4 is 0 Å². The van der Waals surface area contributed by atoms with E-state index in [9.17, 15) is 14.9 Å². The summed E-state index contributed by atoms with van der Waals surface area (Å²) < 4.78 is 0. The molecular formula is C22H31NO4. The normalized spacial score (nSPS) is 13.1. The second-order valence-corrected chi connectivity index (χ2v) is 5.80. The fourth-order valence-electron chi connectivity index (χ4n) is 2.04. The highest BCUT2D eigenvalue weighted by Crippen LogP contribution is 2.06. The summed E-state index contributed by atoms with van der Waals surface area (Å²) in [4.78, 5) is 21.1. The van der Waals surface area contributed by atoms with Crippen LogP contribution >= 0.6 is 0 Å². The number of aliphatic carboxylic acids is 1. The second-order valence-electron chi connectivity index (χ2n) is 5.80. The van der Waals surface area contributed by atoms with Gasteiger partial charge in [-0.05, 0) is 44.6 Å². The summed E-state index contributed by atoms with van der Waals surface area (Å²) in [5.41, 5.74) is 0.213. The van der Waals surface area contributed by atoms with E-state index >= 15 is 0 Å². The maximum Gasteiger partial charge on any atom is 0.303 e. The number of allylic oxidation sites excluding steroid dienone is 11. The Bertz CT molecular complexity index is 595. The third-order valence-corrected chi connectivity index (χ3v) is 3.46. The lowest BCUT2D eigenvalue weighted by Gasteiger charge is -1.93. The first-order chi connectivity index (χ1) is 13.1. The summed E-state index contributed by atoms with van der Waals surface area (Å²) in [7, 11) is 0. The van der Waals surface area contributed by atoms with Gasteiger partial charge in [-0.3, -0.25) is 14.9 Å². The van der Waals surface area contributed by atoms with Crippen molar-refractivity contribution in [2.45, 2.75) is 58.3 Å². The number of carboxylic acid groups (broad SMARTS) is 1. The maximum atomic E-state index is 11.0. The number of carbonyl (C=O) groups is 1. The van der Waals surface area contributed by atoms with Crippen LogP contribution in [0.25, 0.3) is 0 Å². The van der Waals surface area contributed by atoms with Crippen LogP contribution in [0.3, 0.4) is 0 Å². The predicted molar refractivity (Wildman–Crippen MR) is 111 cm³/mol. The highest BCUT2D eigenvalue weighted by molar-refractivity contribution is 5.66. The minimum atomic E-state index is -0.788. The van der Waals surface area contributed by atoms with Crippen LogP contribution in [-0.2, 0) is 4.79 Å². The molecule has 0 bridgehead atoms. The molecule has 148 valence electrons. The first-order valence-corrected chi connectivity index (χ1v) is 9.38. The minimum absolute atomic E-state index is 0.154. The largest absolute Gasteiger partial charge is 0.481 e. The summed E-state index contributed by atoms with van der Waals surface area (Å²) in [6, 6.07) is 0. The molecule has 0 aromatic carbocycles. The van der Waals surface area contributed by atoms with E-state index in [1.165, 1.54) is 0 Å². The van der Waals surface area contributed by atoms with E-state index in [2.05, 4.69) is 19.1 Å². The van der Waals surface area contributed by atoms with Gasteiger partial charge in [0.2, 0.25) is 5.70 Å². The summed E-state index contributed by atoms with van der Waals surface area (Å²) >= 11 is 0. The molecule has 0 heterocycles. The zero-order valence-corrected chi connectivity index (χ0v) is 16.1. The molecule has 0 unspecified atom stereocenters. The van der Waals surface area contributed by atoms with Crippen molar-refractivity contribution < 1.29 is 14.8 Å². The molecule has 5 nitrogen and oxygen atoms in total. The van der Waals surface area contributed by atoms with Crippen LogP contribution in [0.1, 0.15) is 58.3 Å². The minimum Gasteiger partial charge on any atom is -0.481 e. The lowest BCUT2D eigenvalue weighted by Crippen LogP contribution is -1.97. The summed E-state index contributed by atoms with van der Waals surface area (Å²) in [6.45, 7) is 2.08. The van der Waals surface area contributed by atoms with Crippen molar-refractivity contribution in [3.8, 4) is 0 Å². The Labute approximate surface area is 162 Å². The Balaban J connectivity index is 4.07. The third kappa shape index (κ3) is 17.9. The standard InChI is InChI=1S/C22H31NO4/c1-2-3-4-5-9-12-15-18-21(23(26)27)19-16-13-10-7-6-8-11-14-17-20-22(24)25/h3-4,6-7,9,11-14,16,18H,2,5,8,10,15,17,19-20H2,1H3,(H,24,25). The fraction of sp³-hybridized carbons (Fsp3) is 0.409. The van der Waals surface area contributed by atoms with Gasteiger partial charge in [-0.25, -0.2) is 0 Å². The van der Waals surface area contributed by atoms with Crippen LogP contribution in [0.15, 0.2) is 72.5 Å². The van der Waals surface area contributed by atoms with Crippen LogP contribution in [0.2, 0.25) is 0 Å². The lowest BCUT2D eigenvalue weighted by molar-refractivity contribution is -0.427. The molecule has 1 N–H and O–H groups in total. The van der Waals surface area contributed by atoms with Gasteiger partial charge < -0.3 is 5.11 Å². The topological polar surface area (TPSA) is 80.4 Å². The van der Waals surface area contributed by atoms with Gasteiger partial charge in [0.15, 0.2) is 0 Å². The molecule has 0 atom stereocenters. The van der Waals surface area contributed by atoms with Gasteiger partial charge in [0.05, 0.1) is 11.3 Å². The van der Waals surface area contributed by atoms with E-state index in [-0.39, 0.29) is 17.0 Å². The highest BCUT2D eigenvalue weighted by atomic mass is 16.6. The molecule has 0 fully saturated rings.